The molecule has 1 aromatic carbocycles. The SMILES string of the molecule is CCN(CC)c1ccc(NC(=O)C2CN(c3cc(-n4nc(C)cc4C)ncn3)C2)cc1. The number of benzene rings is 1. The molecule has 1 fully saturated rings. The lowest BCUT2D eigenvalue weighted by molar-refractivity contribution is -0.120. The zero-order chi connectivity index (χ0) is 22.0. The van der Waals surface area contributed by atoms with Crippen LogP contribution in [-0.2, 0) is 4.79 Å². The highest BCUT2D eigenvalue weighted by molar-refractivity contribution is 5.94. The zero-order valence-electron chi connectivity index (χ0n) is 18.5. The van der Waals surface area contributed by atoms with Gasteiger partial charge in [0.2, 0.25) is 5.91 Å². The number of hydrogen-bond donors (Lipinski definition) is 1. The number of nitrogens with zero attached hydrogens (tertiary/aromatic N) is 6. The fourth-order valence-corrected chi connectivity index (χ4v) is 3.91. The van der Waals surface area contributed by atoms with Crippen molar-refractivity contribution in [3.05, 3.63) is 54.1 Å². The molecule has 0 bridgehead atoms. The van der Waals surface area contributed by atoms with Crippen LogP contribution in [0.1, 0.15) is 25.2 Å². The quantitative estimate of drug-likeness (QED) is 0.634. The summed E-state index contributed by atoms with van der Waals surface area (Å²) >= 11 is 0. The highest BCUT2D eigenvalue weighted by atomic mass is 16.2. The smallest absolute Gasteiger partial charge is 0.231 e. The van der Waals surface area contributed by atoms with Gasteiger partial charge in [0.1, 0.15) is 12.1 Å². The summed E-state index contributed by atoms with van der Waals surface area (Å²) < 4.78 is 1.81. The number of anilines is 3. The first kappa shape index (κ1) is 20.8. The summed E-state index contributed by atoms with van der Waals surface area (Å²) in [6, 6.07) is 12.0. The van der Waals surface area contributed by atoms with E-state index in [-0.39, 0.29) is 11.8 Å². The lowest BCUT2D eigenvalue weighted by atomic mass is 9.99. The molecule has 0 unspecified atom stereocenters. The van der Waals surface area contributed by atoms with Crippen LogP contribution in [-0.4, -0.2) is 51.8 Å². The van der Waals surface area contributed by atoms with Gasteiger partial charge < -0.3 is 15.1 Å². The average molecular weight is 420 g/mol. The molecule has 0 saturated carbocycles. The number of rotatable bonds is 7. The molecule has 8 heteroatoms. The van der Waals surface area contributed by atoms with Crippen molar-refractivity contribution in [3.8, 4) is 5.82 Å². The molecule has 1 saturated heterocycles. The lowest BCUT2D eigenvalue weighted by Gasteiger charge is -2.39. The van der Waals surface area contributed by atoms with E-state index in [1.165, 1.54) is 5.69 Å². The Balaban J connectivity index is 1.35. The van der Waals surface area contributed by atoms with Gasteiger partial charge in [-0.25, -0.2) is 14.6 Å². The standard InChI is InChI=1S/C23H29N7O/c1-5-28(6-2)20-9-7-19(8-10-20)26-23(31)18-13-29(14-18)21-12-22(25-15-24-21)30-17(4)11-16(3)27-30/h7-12,15,18H,5-6,13-14H2,1-4H3,(H,26,31). The predicted molar refractivity (Wildman–Crippen MR) is 123 cm³/mol. The summed E-state index contributed by atoms with van der Waals surface area (Å²) in [6.45, 7) is 11.4. The summed E-state index contributed by atoms with van der Waals surface area (Å²) in [5.74, 6) is 1.52. The predicted octanol–water partition coefficient (Wildman–Crippen LogP) is 3.20. The van der Waals surface area contributed by atoms with Gasteiger partial charge >= 0.3 is 0 Å². The van der Waals surface area contributed by atoms with E-state index in [1.807, 2.05) is 42.8 Å². The molecule has 31 heavy (non-hydrogen) atoms. The fraction of sp³-hybridized carbons (Fsp3) is 0.391. The molecule has 1 N–H and O–H groups in total. The van der Waals surface area contributed by atoms with Crippen molar-refractivity contribution in [2.24, 2.45) is 5.92 Å². The van der Waals surface area contributed by atoms with E-state index in [0.29, 0.717) is 13.1 Å². The number of carbonyl (C=O) groups is 1. The summed E-state index contributed by atoms with van der Waals surface area (Å²) in [5, 5.41) is 7.52. The van der Waals surface area contributed by atoms with Crippen LogP contribution < -0.4 is 15.1 Å². The van der Waals surface area contributed by atoms with Crippen molar-refractivity contribution >= 4 is 23.1 Å². The van der Waals surface area contributed by atoms with Gasteiger partial charge in [-0.3, -0.25) is 4.79 Å². The zero-order valence-corrected chi connectivity index (χ0v) is 18.5. The van der Waals surface area contributed by atoms with Crippen molar-refractivity contribution in [2.45, 2.75) is 27.7 Å². The first-order chi connectivity index (χ1) is 15.0. The maximum atomic E-state index is 12.6. The maximum Gasteiger partial charge on any atom is 0.231 e. The summed E-state index contributed by atoms with van der Waals surface area (Å²) in [5.41, 5.74) is 3.96. The number of aromatic nitrogens is 4. The van der Waals surface area contributed by atoms with Gasteiger partial charge in [-0.2, -0.15) is 5.10 Å². The molecule has 1 amide bonds. The van der Waals surface area contributed by atoms with E-state index >= 15 is 0 Å². The Hall–Kier alpha value is -3.42. The Morgan fingerprint density at radius 1 is 1.06 bits per heavy atom. The normalized spacial score (nSPS) is 13.7. The third-order valence-corrected chi connectivity index (χ3v) is 5.70. The third-order valence-electron chi connectivity index (χ3n) is 5.70. The van der Waals surface area contributed by atoms with Gasteiger partial charge in [-0.05, 0) is 58.0 Å². The lowest BCUT2D eigenvalue weighted by Crippen LogP contribution is -2.52. The van der Waals surface area contributed by atoms with Gasteiger partial charge in [-0.1, -0.05) is 0 Å². The molecule has 8 nitrogen and oxygen atoms in total. The molecule has 3 aromatic rings. The van der Waals surface area contributed by atoms with Crippen molar-refractivity contribution in [3.63, 3.8) is 0 Å². The molecule has 162 valence electrons. The fourth-order valence-electron chi connectivity index (χ4n) is 3.91. The largest absolute Gasteiger partial charge is 0.372 e. The number of amides is 1. The molecular formula is C23H29N7O. The van der Waals surface area contributed by atoms with Crippen LogP contribution in [0.5, 0.6) is 0 Å². The van der Waals surface area contributed by atoms with Crippen molar-refractivity contribution < 1.29 is 4.79 Å². The average Bonchev–Trinajstić information content (AvgIpc) is 3.07. The molecule has 1 aliphatic heterocycles. The molecule has 0 aliphatic carbocycles. The van der Waals surface area contributed by atoms with Gasteiger partial charge in [-0.15, -0.1) is 0 Å². The highest BCUT2D eigenvalue weighted by Crippen LogP contribution is 2.25. The van der Waals surface area contributed by atoms with E-state index in [9.17, 15) is 4.79 Å². The second-order valence-electron chi connectivity index (χ2n) is 7.88. The Kier molecular flexibility index (Phi) is 5.88. The minimum absolute atomic E-state index is 0.0414. The molecule has 0 atom stereocenters. The van der Waals surface area contributed by atoms with Crippen molar-refractivity contribution in [1.29, 1.82) is 0 Å². The van der Waals surface area contributed by atoms with Gasteiger partial charge in [0, 0.05) is 49.3 Å². The first-order valence-electron chi connectivity index (χ1n) is 10.7. The molecule has 1 aliphatic rings. The van der Waals surface area contributed by atoms with Crippen LogP contribution in [0.2, 0.25) is 0 Å². The minimum Gasteiger partial charge on any atom is -0.372 e. The first-order valence-corrected chi connectivity index (χ1v) is 10.7. The van der Waals surface area contributed by atoms with E-state index in [4.69, 9.17) is 0 Å². The van der Waals surface area contributed by atoms with E-state index in [0.717, 1.165) is 41.8 Å². The number of nitrogens with one attached hydrogen (secondary N) is 1. The molecule has 3 heterocycles. The Morgan fingerprint density at radius 2 is 1.74 bits per heavy atom. The molecule has 4 rings (SSSR count). The van der Waals surface area contributed by atoms with Gasteiger partial charge in [0.25, 0.3) is 0 Å². The summed E-state index contributed by atoms with van der Waals surface area (Å²) in [7, 11) is 0. The summed E-state index contributed by atoms with van der Waals surface area (Å²) in [6.07, 6.45) is 1.55. The Bertz CT molecular complexity index is 1050. The van der Waals surface area contributed by atoms with E-state index < -0.39 is 0 Å². The Labute approximate surface area is 182 Å². The van der Waals surface area contributed by atoms with Crippen LogP contribution in [0.25, 0.3) is 5.82 Å². The summed E-state index contributed by atoms with van der Waals surface area (Å²) in [4.78, 5) is 25.7. The Morgan fingerprint density at radius 3 is 2.35 bits per heavy atom. The second kappa shape index (κ2) is 8.75. The number of carbonyl (C=O) groups excluding carboxylic acids is 1. The number of aryl methyl sites for hydroxylation is 2. The second-order valence-corrected chi connectivity index (χ2v) is 7.88. The molecular weight excluding hydrogens is 390 g/mol. The van der Waals surface area contributed by atoms with E-state index in [2.05, 4.69) is 56.2 Å². The number of hydrogen-bond acceptors (Lipinski definition) is 6. The van der Waals surface area contributed by atoms with Crippen LogP contribution in [0, 0.1) is 19.8 Å². The topological polar surface area (TPSA) is 79.2 Å². The molecule has 0 radical (unpaired) electrons. The van der Waals surface area contributed by atoms with Gasteiger partial charge in [0.15, 0.2) is 5.82 Å². The van der Waals surface area contributed by atoms with Crippen LogP contribution >= 0.6 is 0 Å². The van der Waals surface area contributed by atoms with Crippen LogP contribution in [0.15, 0.2) is 42.7 Å². The molecule has 2 aromatic heterocycles. The van der Waals surface area contributed by atoms with Crippen LogP contribution in [0.4, 0.5) is 17.2 Å². The van der Waals surface area contributed by atoms with Crippen molar-refractivity contribution in [1.82, 2.24) is 19.7 Å². The van der Waals surface area contributed by atoms with Crippen molar-refractivity contribution in [2.75, 3.05) is 41.3 Å². The van der Waals surface area contributed by atoms with E-state index in [1.54, 1.807) is 6.33 Å². The molecule has 0 spiro atoms. The van der Waals surface area contributed by atoms with Crippen LogP contribution in [0.3, 0.4) is 0 Å². The van der Waals surface area contributed by atoms with Gasteiger partial charge in [0.05, 0.1) is 11.6 Å². The maximum absolute atomic E-state index is 12.6. The monoisotopic (exact) mass is 419 g/mol. The highest BCUT2D eigenvalue weighted by Gasteiger charge is 2.33. The minimum atomic E-state index is -0.0606. The third kappa shape index (κ3) is 4.38.